The molecule has 116 valence electrons. The zero-order valence-corrected chi connectivity index (χ0v) is 10.5. The van der Waals surface area contributed by atoms with Gasteiger partial charge in [-0.15, -0.1) is 0 Å². The Balaban J connectivity index is 2.47. The van der Waals surface area contributed by atoms with E-state index in [2.05, 4.69) is 4.98 Å². The van der Waals surface area contributed by atoms with E-state index in [1.165, 1.54) is 0 Å². The highest BCUT2D eigenvalue weighted by atomic mass is 19.1. The van der Waals surface area contributed by atoms with Gasteiger partial charge in [0, 0.05) is 0 Å². The van der Waals surface area contributed by atoms with Crippen LogP contribution >= 0.6 is 0 Å². The molecule has 0 aliphatic carbocycles. The second kappa shape index (κ2) is 5.47. The van der Waals surface area contributed by atoms with E-state index < -0.39 is 48.0 Å². The Morgan fingerprint density at radius 1 is 1.62 bits per heavy atom. The van der Waals surface area contributed by atoms with E-state index in [0.29, 0.717) is 16.8 Å². The van der Waals surface area contributed by atoms with Crippen LogP contribution in [0.4, 0.5) is 19.0 Å². The van der Waals surface area contributed by atoms with Crippen molar-refractivity contribution in [1.82, 2.24) is 9.55 Å². The van der Waals surface area contributed by atoms with E-state index in [1.54, 1.807) is 0 Å². The Morgan fingerprint density at radius 3 is 2.86 bits per heavy atom. The molecule has 4 atom stereocenters. The first kappa shape index (κ1) is 15.5. The summed E-state index contributed by atoms with van der Waals surface area (Å²) >= 11 is 0. The van der Waals surface area contributed by atoms with Crippen LogP contribution in [0.2, 0.25) is 0 Å². The van der Waals surface area contributed by atoms with Crippen LogP contribution in [-0.2, 0) is 4.74 Å². The van der Waals surface area contributed by atoms with Crippen molar-refractivity contribution in [2.24, 2.45) is 0 Å². The van der Waals surface area contributed by atoms with Crippen molar-refractivity contribution in [1.29, 1.82) is 0 Å². The summed E-state index contributed by atoms with van der Waals surface area (Å²) in [6.07, 6.45) is -4.86. The molecule has 7 nitrogen and oxygen atoms in total. The van der Waals surface area contributed by atoms with Crippen LogP contribution in [0.5, 0.6) is 0 Å². The monoisotopic (exact) mass is 307 g/mol. The van der Waals surface area contributed by atoms with Crippen molar-refractivity contribution in [3.05, 3.63) is 34.9 Å². The highest BCUT2D eigenvalue weighted by Gasteiger charge is 2.55. The quantitative estimate of drug-likeness (QED) is 0.688. The molecule has 1 fully saturated rings. The molecule has 4 N–H and O–H groups in total. The predicted octanol–water partition coefficient (Wildman–Crippen LogP) is -0.593. The predicted molar refractivity (Wildman–Crippen MR) is 64.0 cm³/mol. The molecular formula is C11H12F3N3O4. The summed E-state index contributed by atoms with van der Waals surface area (Å²) in [5.74, 6) is -1.77. The lowest BCUT2D eigenvalue weighted by Crippen LogP contribution is -2.43. The Bertz CT molecular complexity index is 623. The molecule has 1 saturated heterocycles. The molecular weight excluding hydrogens is 295 g/mol. The first-order valence-electron chi connectivity index (χ1n) is 5.79. The van der Waals surface area contributed by atoms with E-state index in [0.717, 1.165) is 0 Å². The molecule has 0 amide bonds. The molecule has 1 aromatic heterocycles. The number of ether oxygens (including phenoxy) is 1. The summed E-state index contributed by atoms with van der Waals surface area (Å²) in [5, 5.41) is 19.0. The molecule has 1 aliphatic heterocycles. The number of nitrogen functional groups attached to an aromatic ring is 1. The zero-order chi connectivity index (χ0) is 15.8. The average Bonchev–Trinajstić information content (AvgIpc) is 2.69. The Labute approximate surface area is 116 Å². The van der Waals surface area contributed by atoms with Crippen molar-refractivity contribution in [3.8, 4) is 0 Å². The average molecular weight is 307 g/mol. The van der Waals surface area contributed by atoms with Crippen LogP contribution in [0.3, 0.4) is 0 Å². The van der Waals surface area contributed by atoms with Gasteiger partial charge in [-0.2, -0.15) is 4.98 Å². The fourth-order valence-electron chi connectivity index (χ4n) is 2.06. The third-order valence-corrected chi connectivity index (χ3v) is 3.22. The smallest absolute Gasteiger partial charge is 0.351 e. The van der Waals surface area contributed by atoms with Crippen LogP contribution in [-0.4, -0.2) is 44.2 Å². The molecule has 0 saturated carbocycles. The number of nitrogens with two attached hydrogens (primary N) is 1. The number of anilines is 1. The maximum atomic E-state index is 14.1. The number of aromatic nitrogens is 2. The molecule has 2 rings (SSSR count). The first-order chi connectivity index (χ1) is 9.86. The molecule has 0 spiro atoms. The third-order valence-electron chi connectivity index (χ3n) is 3.22. The maximum Gasteiger partial charge on any atom is 0.351 e. The fourth-order valence-corrected chi connectivity index (χ4v) is 2.06. The third kappa shape index (κ3) is 2.41. The van der Waals surface area contributed by atoms with E-state index in [9.17, 15) is 28.2 Å². The number of hydrogen-bond acceptors (Lipinski definition) is 6. The Morgan fingerprint density at radius 2 is 2.29 bits per heavy atom. The van der Waals surface area contributed by atoms with Crippen molar-refractivity contribution in [2.45, 2.75) is 24.1 Å². The number of hydrogen-bond donors (Lipinski definition) is 3. The van der Waals surface area contributed by atoms with E-state index in [-0.39, 0.29) is 6.33 Å². The summed E-state index contributed by atoms with van der Waals surface area (Å²) in [6.45, 7) is -0.953. The summed E-state index contributed by atoms with van der Waals surface area (Å²) in [6, 6.07) is 0. The van der Waals surface area contributed by atoms with Gasteiger partial charge >= 0.3 is 5.69 Å². The van der Waals surface area contributed by atoms with Crippen LogP contribution in [0, 0.1) is 5.82 Å². The highest BCUT2D eigenvalue weighted by molar-refractivity contribution is 5.26. The van der Waals surface area contributed by atoms with Crippen molar-refractivity contribution < 1.29 is 28.1 Å². The minimum absolute atomic E-state index is 0.0425. The van der Waals surface area contributed by atoms with Gasteiger partial charge in [-0.25, -0.2) is 18.0 Å². The summed E-state index contributed by atoms with van der Waals surface area (Å²) in [7, 11) is 0. The summed E-state index contributed by atoms with van der Waals surface area (Å²) in [4.78, 5) is 14.7. The van der Waals surface area contributed by atoms with Gasteiger partial charge in [0.25, 0.3) is 0 Å². The fraction of sp³-hybridized carbons (Fsp3) is 0.455. The molecule has 0 bridgehead atoms. The largest absolute Gasteiger partial charge is 0.393 e. The summed E-state index contributed by atoms with van der Waals surface area (Å²) < 4.78 is 45.3. The van der Waals surface area contributed by atoms with Gasteiger partial charge in [-0.3, -0.25) is 4.57 Å². The first-order valence-corrected chi connectivity index (χ1v) is 5.79. The molecule has 2 heterocycles. The molecule has 10 heteroatoms. The molecule has 0 unspecified atom stereocenters. The van der Waals surface area contributed by atoms with E-state index >= 15 is 0 Å². The minimum atomic E-state index is -2.23. The number of rotatable bonds is 3. The second-order valence-electron chi connectivity index (χ2n) is 4.47. The van der Waals surface area contributed by atoms with E-state index in [1.807, 2.05) is 0 Å². The molecule has 21 heavy (non-hydrogen) atoms. The maximum absolute atomic E-state index is 14.1. The summed E-state index contributed by atoms with van der Waals surface area (Å²) in [5.41, 5.74) is 1.89. The zero-order valence-electron chi connectivity index (χ0n) is 10.5. The van der Waals surface area contributed by atoms with Gasteiger partial charge in [-0.05, 0) is 6.08 Å². The number of aliphatic hydroxyl groups excluding tert-OH is 2. The standard InChI is InChI=1S/C11H12F3N3O4/c12-2-1-11(4-18)7(19)6(14)9(21-11)17-3-5(13)8(15)16-10(17)20/h1-3,6-7,9,18-19H,4H2,(H2,15,16,20)/b2-1-/t6-,7-,9+,11+/m0/s1. The van der Waals surface area contributed by atoms with Gasteiger partial charge in [0.15, 0.2) is 24.0 Å². The molecule has 1 aromatic rings. The normalized spacial score (nSPS) is 32.9. The number of halogens is 3. The Kier molecular flexibility index (Phi) is 4.03. The lowest BCUT2D eigenvalue weighted by atomic mass is 9.97. The molecule has 0 radical (unpaired) electrons. The second-order valence-corrected chi connectivity index (χ2v) is 4.47. The number of nitrogens with zero attached hydrogens (tertiary/aromatic N) is 2. The van der Waals surface area contributed by atoms with Gasteiger partial charge < -0.3 is 20.7 Å². The SMILES string of the molecule is Nc1nc(=O)n([C@@H]2O[C@](/C=C\F)(CO)[C@@H](O)[C@@H]2F)cc1F. The Hall–Kier alpha value is -1.91. The molecule has 0 aromatic carbocycles. The number of aliphatic hydroxyl groups is 2. The van der Waals surface area contributed by atoms with Crippen LogP contribution < -0.4 is 11.4 Å². The molecule has 1 aliphatic rings. The highest BCUT2D eigenvalue weighted by Crippen LogP contribution is 2.39. The lowest BCUT2D eigenvalue weighted by molar-refractivity contribution is -0.0990. The van der Waals surface area contributed by atoms with Crippen molar-refractivity contribution >= 4 is 5.82 Å². The van der Waals surface area contributed by atoms with Crippen LogP contribution in [0.25, 0.3) is 0 Å². The van der Waals surface area contributed by atoms with Crippen molar-refractivity contribution in [2.75, 3.05) is 12.3 Å². The van der Waals surface area contributed by atoms with Gasteiger partial charge in [0.2, 0.25) is 0 Å². The van der Waals surface area contributed by atoms with Crippen molar-refractivity contribution in [3.63, 3.8) is 0 Å². The topological polar surface area (TPSA) is 111 Å². The van der Waals surface area contributed by atoms with Gasteiger partial charge in [0.1, 0.15) is 11.7 Å². The number of alkyl halides is 1. The van der Waals surface area contributed by atoms with Gasteiger partial charge in [0.05, 0.1) is 19.1 Å². The van der Waals surface area contributed by atoms with Gasteiger partial charge in [-0.1, -0.05) is 0 Å². The lowest BCUT2D eigenvalue weighted by Gasteiger charge is -2.25. The van der Waals surface area contributed by atoms with Crippen LogP contribution in [0.1, 0.15) is 6.23 Å². The van der Waals surface area contributed by atoms with Crippen LogP contribution in [0.15, 0.2) is 23.4 Å². The van der Waals surface area contributed by atoms with E-state index in [4.69, 9.17) is 10.5 Å². The minimum Gasteiger partial charge on any atom is -0.393 e.